The minimum absolute atomic E-state index is 0.0266. The van der Waals surface area contributed by atoms with Gasteiger partial charge in [0.25, 0.3) is 0 Å². The van der Waals surface area contributed by atoms with Crippen LogP contribution in [0.15, 0.2) is 24.3 Å². The van der Waals surface area contributed by atoms with Gasteiger partial charge in [0.15, 0.2) is 11.6 Å². The summed E-state index contributed by atoms with van der Waals surface area (Å²) in [5, 5.41) is 0. The summed E-state index contributed by atoms with van der Waals surface area (Å²) in [7, 11) is 0. The first-order valence-corrected chi connectivity index (χ1v) is 5.71. The van der Waals surface area contributed by atoms with Crippen molar-refractivity contribution in [3.8, 4) is 0 Å². The Balaban J connectivity index is 1.95. The summed E-state index contributed by atoms with van der Waals surface area (Å²) in [5.41, 5.74) is 0. The van der Waals surface area contributed by atoms with Gasteiger partial charge in [0.2, 0.25) is 0 Å². The third kappa shape index (κ3) is 0.747. The predicted octanol–water partition coefficient (Wildman–Crippen LogP) is 1.38. The van der Waals surface area contributed by atoms with Gasteiger partial charge in [-0.05, 0) is 42.2 Å². The summed E-state index contributed by atoms with van der Waals surface area (Å²) in [6.07, 6.45) is 8.71. The summed E-state index contributed by atoms with van der Waals surface area (Å²) >= 11 is 0. The topological polar surface area (TPSA) is 34.1 Å². The van der Waals surface area contributed by atoms with Crippen molar-refractivity contribution >= 4 is 11.6 Å². The molecule has 0 aliphatic heterocycles. The monoisotopic (exact) mass is 200 g/mol. The Kier molecular flexibility index (Phi) is 1.24. The molecule has 2 nitrogen and oxygen atoms in total. The molecule has 15 heavy (non-hydrogen) atoms. The molecule has 0 aromatic heterocycles. The molecule has 2 fully saturated rings. The van der Waals surface area contributed by atoms with E-state index in [-0.39, 0.29) is 23.4 Å². The average molecular weight is 200 g/mol. The molecule has 4 rings (SSSR count). The maximum Gasteiger partial charge on any atom is 0.159 e. The Morgan fingerprint density at radius 1 is 0.867 bits per heavy atom. The molecule has 2 saturated carbocycles. The van der Waals surface area contributed by atoms with Crippen LogP contribution < -0.4 is 0 Å². The molecule has 4 aliphatic carbocycles. The quantitative estimate of drug-likeness (QED) is 0.592. The molecule has 2 heteroatoms. The lowest BCUT2D eigenvalue weighted by molar-refractivity contribution is -0.132. The van der Waals surface area contributed by atoms with E-state index in [9.17, 15) is 9.59 Å². The average Bonchev–Trinajstić information content (AvgIpc) is 2.76. The minimum atomic E-state index is 0.0266. The number of fused-ring (bicyclic) bond motifs is 2. The van der Waals surface area contributed by atoms with E-state index in [1.807, 2.05) is 0 Å². The van der Waals surface area contributed by atoms with Gasteiger partial charge in [0.1, 0.15) is 0 Å². The highest BCUT2D eigenvalue weighted by Gasteiger charge is 2.62. The van der Waals surface area contributed by atoms with Crippen molar-refractivity contribution in [2.75, 3.05) is 0 Å². The molecule has 0 N–H and O–H groups in total. The summed E-state index contributed by atoms with van der Waals surface area (Å²) in [4.78, 5) is 23.6. The molecule has 0 amide bonds. The lowest BCUT2D eigenvalue weighted by Crippen LogP contribution is -2.44. The first-order valence-electron chi connectivity index (χ1n) is 5.71. The molecule has 0 aromatic rings. The van der Waals surface area contributed by atoms with Crippen molar-refractivity contribution in [3.05, 3.63) is 24.3 Å². The normalized spacial score (nSPS) is 54.1. The molecule has 0 aromatic carbocycles. The molecule has 2 bridgehead atoms. The Morgan fingerprint density at radius 3 is 1.80 bits per heavy atom. The van der Waals surface area contributed by atoms with Gasteiger partial charge in [-0.25, -0.2) is 0 Å². The van der Waals surface area contributed by atoms with E-state index in [4.69, 9.17) is 0 Å². The highest BCUT2D eigenvalue weighted by atomic mass is 16.1. The third-order valence-electron chi connectivity index (χ3n) is 4.91. The first-order chi connectivity index (χ1) is 7.27. The molecule has 76 valence electrons. The smallest absolute Gasteiger partial charge is 0.159 e. The van der Waals surface area contributed by atoms with E-state index in [0.29, 0.717) is 23.7 Å². The number of ketones is 2. The van der Waals surface area contributed by atoms with E-state index < -0.39 is 0 Å². The Morgan fingerprint density at radius 2 is 1.33 bits per heavy atom. The lowest BCUT2D eigenvalue weighted by Gasteiger charge is -2.41. The van der Waals surface area contributed by atoms with Crippen LogP contribution in [0.3, 0.4) is 0 Å². The van der Waals surface area contributed by atoms with Crippen molar-refractivity contribution in [3.63, 3.8) is 0 Å². The van der Waals surface area contributed by atoms with Crippen LogP contribution in [0.25, 0.3) is 0 Å². The van der Waals surface area contributed by atoms with Crippen molar-refractivity contribution in [2.45, 2.75) is 6.42 Å². The third-order valence-corrected chi connectivity index (χ3v) is 4.91. The van der Waals surface area contributed by atoms with Crippen molar-refractivity contribution in [1.29, 1.82) is 0 Å². The number of carbonyl (C=O) groups is 2. The van der Waals surface area contributed by atoms with E-state index in [2.05, 4.69) is 12.2 Å². The SMILES string of the molecule is O=C1C=C[C@@H]2[C@H]3C=CC(=O)[C@H]4[C@@H]3C[C@@H]2[C@@H]14. The van der Waals surface area contributed by atoms with Gasteiger partial charge >= 0.3 is 0 Å². The predicted molar refractivity (Wildman–Crippen MR) is 53.9 cm³/mol. The highest BCUT2D eigenvalue weighted by molar-refractivity contribution is 6.02. The summed E-state index contributed by atoms with van der Waals surface area (Å²) < 4.78 is 0. The summed E-state index contributed by atoms with van der Waals surface area (Å²) in [6, 6.07) is 0. The number of allylic oxidation sites excluding steroid dienone is 4. The molecular formula is C13H12O2. The Labute approximate surface area is 88.0 Å². The zero-order valence-electron chi connectivity index (χ0n) is 8.30. The molecule has 0 spiro atoms. The number of hydrogen-bond donors (Lipinski definition) is 0. The molecule has 6 atom stereocenters. The lowest BCUT2D eigenvalue weighted by atomic mass is 9.61. The Hall–Kier alpha value is -1.18. The zero-order valence-corrected chi connectivity index (χ0v) is 8.30. The van der Waals surface area contributed by atoms with Crippen LogP contribution >= 0.6 is 0 Å². The van der Waals surface area contributed by atoms with Gasteiger partial charge in [-0.15, -0.1) is 0 Å². The second-order valence-electron chi connectivity index (χ2n) is 5.29. The van der Waals surface area contributed by atoms with Crippen molar-refractivity contribution in [1.82, 2.24) is 0 Å². The number of hydrogen-bond acceptors (Lipinski definition) is 2. The fraction of sp³-hybridized carbons (Fsp3) is 0.538. The van der Waals surface area contributed by atoms with Gasteiger partial charge in [-0.2, -0.15) is 0 Å². The van der Waals surface area contributed by atoms with E-state index in [1.165, 1.54) is 0 Å². The molecule has 0 unspecified atom stereocenters. The summed E-state index contributed by atoms with van der Waals surface area (Å²) in [5.74, 6) is 2.47. The number of rotatable bonds is 0. The number of carbonyl (C=O) groups excluding carboxylic acids is 2. The molecule has 0 saturated heterocycles. The van der Waals surface area contributed by atoms with Crippen LogP contribution in [0.4, 0.5) is 0 Å². The molecule has 0 radical (unpaired) electrons. The van der Waals surface area contributed by atoms with Crippen LogP contribution in [0, 0.1) is 35.5 Å². The van der Waals surface area contributed by atoms with Crippen molar-refractivity contribution < 1.29 is 9.59 Å². The maximum atomic E-state index is 11.8. The van der Waals surface area contributed by atoms with Crippen LogP contribution in [0.2, 0.25) is 0 Å². The van der Waals surface area contributed by atoms with Gasteiger partial charge in [-0.1, -0.05) is 12.2 Å². The zero-order chi connectivity index (χ0) is 10.2. The largest absolute Gasteiger partial charge is 0.295 e. The van der Waals surface area contributed by atoms with Crippen LogP contribution in [-0.2, 0) is 9.59 Å². The molecule has 4 aliphatic rings. The van der Waals surface area contributed by atoms with Gasteiger partial charge < -0.3 is 0 Å². The first kappa shape index (κ1) is 8.03. The molecular weight excluding hydrogens is 188 g/mol. The van der Waals surface area contributed by atoms with E-state index in [0.717, 1.165) is 6.42 Å². The van der Waals surface area contributed by atoms with Gasteiger partial charge in [-0.3, -0.25) is 9.59 Å². The highest BCUT2D eigenvalue weighted by Crippen LogP contribution is 2.62. The van der Waals surface area contributed by atoms with Crippen LogP contribution in [0.5, 0.6) is 0 Å². The van der Waals surface area contributed by atoms with Crippen LogP contribution in [-0.4, -0.2) is 11.6 Å². The maximum absolute atomic E-state index is 11.8. The second-order valence-corrected chi connectivity index (χ2v) is 5.29. The van der Waals surface area contributed by atoms with Crippen LogP contribution in [0.1, 0.15) is 6.42 Å². The summed E-state index contributed by atoms with van der Waals surface area (Å²) in [6.45, 7) is 0. The van der Waals surface area contributed by atoms with E-state index >= 15 is 0 Å². The molecule has 0 heterocycles. The fourth-order valence-electron chi connectivity index (χ4n) is 4.46. The standard InChI is InChI=1S/C13H12O2/c14-10-3-1-6-7-2-4-11(15)13-9(7)5-8(6)12(10)13/h1-4,6-9,12-13H,5H2/t6-,7-,8-,9+,12-,13+/m1/s1. The second kappa shape index (κ2) is 2.31. The van der Waals surface area contributed by atoms with Crippen molar-refractivity contribution in [2.24, 2.45) is 35.5 Å². The van der Waals surface area contributed by atoms with Gasteiger partial charge in [0, 0.05) is 11.8 Å². The van der Waals surface area contributed by atoms with E-state index in [1.54, 1.807) is 12.2 Å². The van der Waals surface area contributed by atoms with Gasteiger partial charge in [0.05, 0.1) is 0 Å². The Bertz CT molecular complexity index is 392. The fourth-order valence-corrected chi connectivity index (χ4v) is 4.46. The minimum Gasteiger partial charge on any atom is -0.295 e.